The summed E-state index contributed by atoms with van der Waals surface area (Å²) < 4.78 is 11.0. The van der Waals surface area contributed by atoms with Gasteiger partial charge in [0.2, 0.25) is 11.8 Å². The molecule has 3 aromatic carbocycles. The number of carbonyl (C=O) groups excluding carboxylic acids is 3. The average molecular weight is 502 g/mol. The molecular weight excluding hydrogens is 470 g/mol. The van der Waals surface area contributed by atoms with Crippen molar-refractivity contribution in [2.75, 3.05) is 30.5 Å². The zero-order valence-corrected chi connectivity index (χ0v) is 21.2. The van der Waals surface area contributed by atoms with Gasteiger partial charge in [-0.3, -0.25) is 14.4 Å². The summed E-state index contributed by atoms with van der Waals surface area (Å²) in [5.41, 5.74) is 4.32. The number of para-hydroxylation sites is 2. The molecule has 1 atom stereocenters. The minimum absolute atomic E-state index is 0.112. The minimum atomic E-state index is -0.438. The maximum absolute atomic E-state index is 12.7. The molecule has 8 nitrogen and oxygen atoms in total. The largest absolute Gasteiger partial charge is 0.496 e. The fraction of sp³-hybridized carbons (Fsp3) is 0.276. The van der Waals surface area contributed by atoms with E-state index in [1.807, 2.05) is 56.3 Å². The number of nitrogens with one attached hydrogen (secondary N) is 2. The second kappa shape index (κ2) is 11.6. The number of aryl methyl sites for hydroxylation is 2. The van der Waals surface area contributed by atoms with Gasteiger partial charge in [0.05, 0.1) is 13.0 Å². The number of nitrogens with zero attached hydrogens (tertiary/aromatic N) is 1. The summed E-state index contributed by atoms with van der Waals surface area (Å²) in [6.45, 7) is 4.38. The van der Waals surface area contributed by atoms with E-state index >= 15 is 0 Å². The van der Waals surface area contributed by atoms with E-state index < -0.39 is 5.92 Å². The number of methoxy groups -OCH3 is 1. The molecular formula is C29H31N3O5. The number of hydrogen-bond donors (Lipinski definition) is 2. The van der Waals surface area contributed by atoms with Gasteiger partial charge in [0, 0.05) is 36.4 Å². The fourth-order valence-corrected chi connectivity index (χ4v) is 4.37. The molecule has 8 heteroatoms. The highest BCUT2D eigenvalue weighted by molar-refractivity contribution is 6.00. The number of anilines is 2. The van der Waals surface area contributed by atoms with Gasteiger partial charge in [0.25, 0.3) is 5.91 Å². The van der Waals surface area contributed by atoms with Crippen LogP contribution in [-0.4, -0.2) is 38.0 Å². The Morgan fingerprint density at radius 2 is 1.68 bits per heavy atom. The smallest absolute Gasteiger partial charge is 0.262 e. The zero-order valence-electron chi connectivity index (χ0n) is 21.2. The van der Waals surface area contributed by atoms with E-state index in [9.17, 15) is 14.4 Å². The van der Waals surface area contributed by atoms with E-state index in [2.05, 4.69) is 10.6 Å². The van der Waals surface area contributed by atoms with Crippen LogP contribution >= 0.6 is 0 Å². The van der Waals surface area contributed by atoms with Crippen molar-refractivity contribution in [3.8, 4) is 11.5 Å². The van der Waals surface area contributed by atoms with E-state index in [0.717, 1.165) is 22.4 Å². The first-order valence-electron chi connectivity index (χ1n) is 12.1. The lowest BCUT2D eigenvalue weighted by atomic mass is 10.1. The zero-order chi connectivity index (χ0) is 26.4. The lowest BCUT2D eigenvalue weighted by molar-refractivity contribution is -0.126. The molecule has 1 aliphatic rings. The molecule has 192 valence electrons. The number of benzene rings is 3. The molecule has 37 heavy (non-hydrogen) atoms. The third-order valence-corrected chi connectivity index (χ3v) is 6.41. The maximum Gasteiger partial charge on any atom is 0.262 e. The molecule has 0 bridgehead atoms. The van der Waals surface area contributed by atoms with Gasteiger partial charge in [0.15, 0.2) is 6.61 Å². The summed E-state index contributed by atoms with van der Waals surface area (Å²) >= 11 is 0. The van der Waals surface area contributed by atoms with E-state index in [-0.39, 0.29) is 30.7 Å². The van der Waals surface area contributed by atoms with Gasteiger partial charge < -0.3 is 25.0 Å². The molecule has 3 aromatic rings. The predicted octanol–water partition coefficient (Wildman–Crippen LogP) is 4.00. The van der Waals surface area contributed by atoms with Crippen LogP contribution in [0.1, 0.15) is 23.1 Å². The highest BCUT2D eigenvalue weighted by Crippen LogP contribution is 2.27. The van der Waals surface area contributed by atoms with Gasteiger partial charge in [-0.2, -0.15) is 0 Å². The molecule has 0 unspecified atom stereocenters. The van der Waals surface area contributed by atoms with Crippen LogP contribution in [0.4, 0.5) is 11.4 Å². The van der Waals surface area contributed by atoms with Crippen LogP contribution in [0.2, 0.25) is 0 Å². The first kappa shape index (κ1) is 25.8. The van der Waals surface area contributed by atoms with E-state index in [1.165, 1.54) is 0 Å². The molecule has 1 fully saturated rings. The number of amides is 3. The SMILES string of the molecule is COc1ccccc1CNC(=O)[C@H]1CC(=O)N(c2ccc(OCC(=O)Nc3c(C)cccc3C)cc2)C1. The number of hydrogen-bond acceptors (Lipinski definition) is 5. The standard InChI is InChI=1S/C29H31N3O5/c1-19-7-6-8-20(2)28(19)31-26(33)18-37-24-13-11-23(12-14-24)32-17-22(15-27(32)34)29(35)30-16-21-9-4-5-10-25(21)36-3/h4-14,22H,15-18H2,1-3H3,(H,30,35)(H,31,33)/t22-/m0/s1. The van der Waals surface area contributed by atoms with E-state index in [0.29, 0.717) is 30.3 Å². The molecule has 0 aromatic heterocycles. The molecule has 1 aliphatic heterocycles. The van der Waals surface area contributed by atoms with Crippen molar-refractivity contribution in [2.45, 2.75) is 26.8 Å². The van der Waals surface area contributed by atoms with Gasteiger partial charge in [-0.15, -0.1) is 0 Å². The summed E-state index contributed by atoms with van der Waals surface area (Å²) in [6, 6.07) is 20.2. The first-order chi connectivity index (χ1) is 17.9. The normalized spacial score (nSPS) is 14.8. The van der Waals surface area contributed by atoms with Crippen LogP contribution in [0, 0.1) is 19.8 Å². The van der Waals surface area contributed by atoms with Crippen molar-refractivity contribution in [1.29, 1.82) is 0 Å². The van der Waals surface area contributed by atoms with Crippen molar-refractivity contribution in [2.24, 2.45) is 5.92 Å². The number of ether oxygens (including phenoxy) is 2. The second-order valence-electron chi connectivity index (χ2n) is 9.03. The van der Waals surface area contributed by atoms with Gasteiger partial charge in [-0.1, -0.05) is 36.4 Å². The molecule has 0 saturated carbocycles. The van der Waals surface area contributed by atoms with E-state index in [1.54, 1.807) is 36.3 Å². The Bertz CT molecular complexity index is 1270. The highest BCUT2D eigenvalue weighted by Gasteiger charge is 2.35. The fourth-order valence-electron chi connectivity index (χ4n) is 4.37. The van der Waals surface area contributed by atoms with Crippen LogP contribution in [0.25, 0.3) is 0 Å². The van der Waals surface area contributed by atoms with Crippen molar-refractivity contribution >= 4 is 29.1 Å². The molecule has 4 rings (SSSR count). The van der Waals surface area contributed by atoms with Crippen LogP contribution in [-0.2, 0) is 20.9 Å². The van der Waals surface area contributed by atoms with Gasteiger partial charge in [0.1, 0.15) is 11.5 Å². The molecule has 1 heterocycles. The second-order valence-corrected chi connectivity index (χ2v) is 9.03. The van der Waals surface area contributed by atoms with Crippen LogP contribution in [0.15, 0.2) is 66.7 Å². The van der Waals surface area contributed by atoms with Gasteiger partial charge >= 0.3 is 0 Å². The number of rotatable bonds is 9. The predicted molar refractivity (Wildman–Crippen MR) is 142 cm³/mol. The lowest BCUT2D eigenvalue weighted by Gasteiger charge is -2.17. The molecule has 3 amide bonds. The summed E-state index contributed by atoms with van der Waals surface area (Å²) in [5.74, 6) is 0.246. The monoisotopic (exact) mass is 501 g/mol. The molecule has 0 spiro atoms. The van der Waals surface area contributed by atoms with Crippen molar-refractivity contribution < 1.29 is 23.9 Å². The van der Waals surface area contributed by atoms with Crippen molar-refractivity contribution in [3.63, 3.8) is 0 Å². The Labute approximate surface area is 216 Å². The summed E-state index contributed by atoms with van der Waals surface area (Å²) in [7, 11) is 1.59. The Balaban J connectivity index is 1.29. The van der Waals surface area contributed by atoms with Crippen molar-refractivity contribution in [1.82, 2.24) is 5.32 Å². The molecule has 0 aliphatic carbocycles. The van der Waals surface area contributed by atoms with Crippen LogP contribution in [0.3, 0.4) is 0 Å². The van der Waals surface area contributed by atoms with Gasteiger partial charge in [-0.25, -0.2) is 0 Å². The van der Waals surface area contributed by atoms with Crippen molar-refractivity contribution in [3.05, 3.63) is 83.4 Å². The topological polar surface area (TPSA) is 97.0 Å². The van der Waals surface area contributed by atoms with Gasteiger partial charge in [-0.05, 0) is 55.3 Å². The highest BCUT2D eigenvalue weighted by atomic mass is 16.5. The Morgan fingerprint density at radius 3 is 2.38 bits per heavy atom. The average Bonchev–Trinajstić information content (AvgIpc) is 3.30. The summed E-state index contributed by atoms with van der Waals surface area (Å²) in [5, 5.41) is 5.80. The summed E-state index contributed by atoms with van der Waals surface area (Å²) in [4.78, 5) is 39.3. The molecule has 1 saturated heterocycles. The summed E-state index contributed by atoms with van der Waals surface area (Å²) in [6.07, 6.45) is 0.147. The first-order valence-corrected chi connectivity index (χ1v) is 12.1. The third-order valence-electron chi connectivity index (χ3n) is 6.41. The molecule has 2 N–H and O–H groups in total. The quantitative estimate of drug-likeness (QED) is 0.462. The Hall–Kier alpha value is -4.33. The number of carbonyl (C=O) groups is 3. The van der Waals surface area contributed by atoms with E-state index in [4.69, 9.17) is 9.47 Å². The molecule has 0 radical (unpaired) electrons. The van der Waals surface area contributed by atoms with Crippen LogP contribution < -0.4 is 25.0 Å². The Kier molecular flexibility index (Phi) is 8.08. The maximum atomic E-state index is 12.7. The lowest BCUT2D eigenvalue weighted by Crippen LogP contribution is -2.32. The Morgan fingerprint density at radius 1 is 0.973 bits per heavy atom. The minimum Gasteiger partial charge on any atom is -0.496 e. The van der Waals surface area contributed by atoms with Crippen LogP contribution in [0.5, 0.6) is 11.5 Å². The third kappa shape index (κ3) is 6.27.